The summed E-state index contributed by atoms with van der Waals surface area (Å²) in [6.07, 6.45) is 1.30. The summed E-state index contributed by atoms with van der Waals surface area (Å²) in [5.74, 6) is -3.34. The largest absolute Gasteiger partial charge is 0.478 e. The van der Waals surface area contributed by atoms with Crippen LogP contribution in [0.4, 0.5) is 4.79 Å². The number of carbonyl (C=O) groups is 4. The summed E-state index contributed by atoms with van der Waals surface area (Å²) in [6.45, 7) is 5.68. The molecule has 0 bridgehead atoms. The van der Waals surface area contributed by atoms with Gasteiger partial charge in [0.2, 0.25) is 0 Å². The monoisotopic (exact) mass is 355 g/mol. The number of rotatable bonds is 8. The van der Waals surface area contributed by atoms with Crippen LogP contribution in [-0.4, -0.2) is 46.9 Å². The zero-order chi connectivity index (χ0) is 19.6. The summed E-state index contributed by atoms with van der Waals surface area (Å²) < 4.78 is 9.68. The van der Waals surface area contributed by atoms with E-state index in [2.05, 4.69) is 10.1 Å². The fourth-order valence-corrected chi connectivity index (χ4v) is 1.37. The van der Waals surface area contributed by atoms with Crippen LogP contribution in [0.5, 0.6) is 0 Å². The minimum absolute atomic E-state index is 0.000749. The lowest BCUT2D eigenvalue weighted by atomic mass is 10.1. The number of ether oxygens (including phenoxy) is 2. The number of hydrogen-bond acceptors (Lipinski definition) is 6. The molecule has 0 atom stereocenters. The molecule has 0 unspecified atom stereocenters. The van der Waals surface area contributed by atoms with Gasteiger partial charge in [0, 0.05) is 17.3 Å². The second-order valence-electron chi connectivity index (χ2n) is 4.87. The van der Waals surface area contributed by atoms with Crippen molar-refractivity contribution in [2.45, 2.75) is 33.8 Å². The average Bonchev–Trinajstić information content (AvgIpc) is 2.52. The standard InChI is InChI=1S/C16H21NO8/c1-5-24-16(23)17-8-11(4)15(22)25-12(6-9(2)13(18)19)7-10(3)14(20)21/h6-8,12H,5H2,1-4H3,(H,17,23)(H,18,19)(H,20,21). The van der Waals surface area contributed by atoms with E-state index in [-0.39, 0.29) is 23.3 Å². The van der Waals surface area contributed by atoms with Crippen molar-refractivity contribution in [3.05, 3.63) is 35.1 Å². The number of carboxylic acids is 2. The highest BCUT2D eigenvalue weighted by atomic mass is 16.5. The first kappa shape index (κ1) is 21.9. The van der Waals surface area contributed by atoms with E-state index in [1.165, 1.54) is 20.8 Å². The van der Waals surface area contributed by atoms with Gasteiger partial charge in [0.15, 0.2) is 0 Å². The van der Waals surface area contributed by atoms with Gasteiger partial charge in [-0.15, -0.1) is 0 Å². The quantitative estimate of drug-likeness (QED) is 0.441. The van der Waals surface area contributed by atoms with Crippen LogP contribution in [0.25, 0.3) is 0 Å². The van der Waals surface area contributed by atoms with Crippen molar-refractivity contribution in [2.24, 2.45) is 0 Å². The average molecular weight is 355 g/mol. The van der Waals surface area contributed by atoms with Gasteiger partial charge in [-0.25, -0.2) is 19.2 Å². The Balaban J connectivity index is 5.26. The van der Waals surface area contributed by atoms with Crippen molar-refractivity contribution in [3.63, 3.8) is 0 Å². The first-order valence-electron chi connectivity index (χ1n) is 7.22. The summed E-state index contributed by atoms with van der Waals surface area (Å²) in [4.78, 5) is 44.9. The molecular formula is C16H21NO8. The van der Waals surface area contributed by atoms with E-state index in [1.807, 2.05) is 0 Å². The third-order valence-corrected chi connectivity index (χ3v) is 2.75. The van der Waals surface area contributed by atoms with Gasteiger partial charge in [0.05, 0.1) is 12.2 Å². The predicted molar refractivity (Wildman–Crippen MR) is 86.6 cm³/mol. The molecule has 3 N–H and O–H groups in total. The molecule has 0 radical (unpaired) electrons. The van der Waals surface area contributed by atoms with Gasteiger partial charge < -0.3 is 19.7 Å². The Kier molecular flexibility index (Phi) is 9.31. The highest BCUT2D eigenvalue weighted by Gasteiger charge is 2.16. The Morgan fingerprint density at radius 2 is 1.44 bits per heavy atom. The molecule has 0 rings (SSSR count). The van der Waals surface area contributed by atoms with Crippen LogP contribution in [0.3, 0.4) is 0 Å². The molecule has 0 aliphatic rings. The molecular weight excluding hydrogens is 334 g/mol. The third kappa shape index (κ3) is 8.94. The van der Waals surface area contributed by atoms with E-state index in [9.17, 15) is 19.2 Å². The Morgan fingerprint density at radius 1 is 0.960 bits per heavy atom. The zero-order valence-corrected chi connectivity index (χ0v) is 14.4. The topological polar surface area (TPSA) is 139 Å². The van der Waals surface area contributed by atoms with Crippen molar-refractivity contribution in [2.75, 3.05) is 6.61 Å². The van der Waals surface area contributed by atoms with E-state index in [0.29, 0.717) is 0 Å². The summed E-state index contributed by atoms with van der Waals surface area (Å²) in [5, 5.41) is 20.0. The zero-order valence-electron chi connectivity index (χ0n) is 14.4. The van der Waals surface area contributed by atoms with E-state index < -0.39 is 30.1 Å². The molecule has 0 heterocycles. The van der Waals surface area contributed by atoms with Crippen LogP contribution < -0.4 is 5.32 Å². The van der Waals surface area contributed by atoms with E-state index in [1.54, 1.807) is 6.92 Å². The molecule has 25 heavy (non-hydrogen) atoms. The van der Waals surface area contributed by atoms with Gasteiger partial charge in [-0.2, -0.15) is 0 Å². The molecule has 0 saturated heterocycles. The molecule has 0 aromatic carbocycles. The van der Waals surface area contributed by atoms with Crippen LogP contribution >= 0.6 is 0 Å². The normalized spacial score (nSPS) is 13.7. The Labute approximate surface area is 144 Å². The maximum atomic E-state index is 12.0. The SMILES string of the molecule is CCOC(=O)NC=C(C)C(=O)OC(C=C(C)C(=O)O)C=C(C)C(=O)O. The first-order chi connectivity index (χ1) is 11.6. The molecule has 0 aromatic rings. The van der Waals surface area contributed by atoms with Gasteiger partial charge in [-0.05, 0) is 39.8 Å². The van der Waals surface area contributed by atoms with E-state index >= 15 is 0 Å². The number of amides is 1. The van der Waals surface area contributed by atoms with Crippen LogP contribution in [-0.2, 0) is 23.9 Å². The van der Waals surface area contributed by atoms with Crippen LogP contribution in [0.2, 0.25) is 0 Å². The predicted octanol–water partition coefficient (Wildman–Crippen LogP) is 1.61. The van der Waals surface area contributed by atoms with Crippen molar-refractivity contribution in [1.82, 2.24) is 5.32 Å². The maximum Gasteiger partial charge on any atom is 0.411 e. The number of nitrogens with one attached hydrogen (secondary N) is 1. The smallest absolute Gasteiger partial charge is 0.411 e. The van der Waals surface area contributed by atoms with Crippen LogP contribution in [0, 0.1) is 0 Å². The third-order valence-electron chi connectivity index (χ3n) is 2.75. The number of hydrogen-bond donors (Lipinski definition) is 3. The molecule has 138 valence electrons. The number of carbonyl (C=O) groups excluding carboxylic acids is 2. The molecule has 0 aliphatic carbocycles. The molecule has 0 spiro atoms. The fourth-order valence-electron chi connectivity index (χ4n) is 1.37. The first-order valence-corrected chi connectivity index (χ1v) is 7.22. The highest BCUT2D eigenvalue weighted by Crippen LogP contribution is 2.09. The molecule has 0 aliphatic heterocycles. The lowest BCUT2D eigenvalue weighted by molar-refractivity contribution is -0.141. The minimum Gasteiger partial charge on any atom is -0.478 e. The van der Waals surface area contributed by atoms with E-state index in [0.717, 1.165) is 18.4 Å². The van der Waals surface area contributed by atoms with Crippen molar-refractivity contribution in [1.29, 1.82) is 0 Å². The lowest BCUT2D eigenvalue weighted by Gasteiger charge is -2.12. The van der Waals surface area contributed by atoms with Gasteiger partial charge >= 0.3 is 24.0 Å². The number of aliphatic carboxylic acids is 2. The van der Waals surface area contributed by atoms with Crippen molar-refractivity contribution < 1.29 is 38.9 Å². The maximum absolute atomic E-state index is 12.0. The Morgan fingerprint density at radius 3 is 1.84 bits per heavy atom. The summed E-state index contributed by atoms with van der Waals surface area (Å²) in [6, 6.07) is 0. The van der Waals surface area contributed by atoms with Crippen LogP contribution in [0.15, 0.2) is 35.1 Å². The molecule has 0 saturated carbocycles. The fraction of sp³-hybridized carbons (Fsp3) is 0.375. The highest BCUT2D eigenvalue weighted by molar-refractivity contribution is 5.90. The molecule has 9 heteroatoms. The van der Waals surface area contributed by atoms with Crippen molar-refractivity contribution >= 4 is 24.0 Å². The lowest BCUT2D eigenvalue weighted by Crippen LogP contribution is -2.22. The molecule has 0 fully saturated rings. The van der Waals surface area contributed by atoms with Gasteiger partial charge in [-0.1, -0.05) is 0 Å². The second-order valence-corrected chi connectivity index (χ2v) is 4.87. The number of carboxylic acid groups (broad SMARTS) is 2. The Bertz CT molecular complexity index is 600. The molecule has 1 amide bonds. The van der Waals surface area contributed by atoms with Crippen molar-refractivity contribution in [3.8, 4) is 0 Å². The second kappa shape index (κ2) is 10.6. The summed E-state index contributed by atoms with van der Waals surface area (Å²) >= 11 is 0. The Hall–Kier alpha value is -3.10. The molecule has 0 aromatic heterocycles. The van der Waals surface area contributed by atoms with Gasteiger partial charge in [0.1, 0.15) is 6.10 Å². The molecule has 9 nitrogen and oxygen atoms in total. The van der Waals surface area contributed by atoms with E-state index in [4.69, 9.17) is 14.9 Å². The minimum atomic E-state index is -1.24. The summed E-state index contributed by atoms with van der Waals surface area (Å²) in [7, 11) is 0. The summed E-state index contributed by atoms with van der Waals surface area (Å²) in [5.41, 5.74) is -0.252. The van der Waals surface area contributed by atoms with Crippen LogP contribution in [0.1, 0.15) is 27.7 Å². The number of alkyl carbamates (subject to hydrolysis) is 1. The van der Waals surface area contributed by atoms with Gasteiger partial charge in [-0.3, -0.25) is 5.32 Å². The van der Waals surface area contributed by atoms with Gasteiger partial charge in [0.25, 0.3) is 0 Å². The number of esters is 1.